The van der Waals surface area contributed by atoms with Crippen molar-refractivity contribution in [2.45, 2.75) is 84.4 Å². The summed E-state index contributed by atoms with van der Waals surface area (Å²) in [4.78, 5) is 36.3. The van der Waals surface area contributed by atoms with Crippen LogP contribution in [0.25, 0.3) is 0 Å². The molecular weight excluding hydrogens is 384 g/mol. The molecule has 7 nitrogen and oxygen atoms in total. The molecule has 0 unspecified atom stereocenters. The number of ether oxygens (including phenoxy) is 1. The maximum absolute atomic E-state index is 12.6. The molecule has 7 heteroatoms. The molecule has 0 aliphatic carbocycles. The Hall–Kier alpha value is -2.57. The molecule has 0 spiro atoms. The van der Waals surface area contributed by atoms with Gasteiger partial charge in [-0.15, -0.1) is 0 Å². The van der Waals surface area contributed by atoms with Crippen LogP contribution in [0.2, 0.25) is 0 Å². The van der Waals surface area contributed by atoms with Crippen LogP contribution < -0.4 is 10.6 Å². The monoisotopic (exact) mass is 420 g/mol. The number of carbonyl (C=O) groups is 3. The number of benzene rings is 1. The Labute approximate surface area is 179 Å². The predicted octanol–water partition coefficient (Wildman–Crippen LogP) is 4.26. The lowest BCUT2D eigenvalue weighted by molar-refractivity contribution is -0.142. The molecule has 0 bridgehead atoms. The van der Waals surface area contributed by atoms with E-state index in [9.17, 15) is 19.5 Å². The van der Waals surface area contributed by atoms with Crippen LogP contribution in [0.3, 0.4) is 0 Å². The van der Waals surface area contributed by atoms with Gasteiger partial charge in [0.2, 0.25) is 5.91 Å². The molecule has 1 aromatic rings. The molecule has 30 heavy (non-hydrogen) atoms. The second-order valence-corrected chi connectivity index (χ2v) is 7.88. The van der Waals surface area contributed by atoms with Gasteiger partial charge in [0.05, 0.1) is 0 Å². The van der Waals surface area contributed by atoms with Crippen molar-refractivity contribution in [3.8, 4) is 0 Å². The molecule has 0 aliphatic heterocycles. The number of aliphatic carboxylic acids is 1. The Balaban J connectivity index is 2.52. The van der Waals surface area contributed by atoms with Gasteiger partial charge in [-0.05, 0) is 17.9 Å². The third kappa shape index (κ3) is 10.3. The van der Waals surface area contributed by atoms with Crippen molar-refractivity contribution >= 4 is 18.0 Å². The van der Waals surface area contributed by atoms with Gasteiger partial charge >= 0.3 is 12.1 Å². The minimum Gasteiger partial charge on any atom is -0.480 e. The standard InChI is InChI=1S/C23H36N2O5/c1-4-5-6-7-8-12-15-19(22(27)28)24-21(26)20(17(2)3)25-23(29)30-16-18-13-10-9-11-14-18/h9-11,13-14,17,19-20H,4-8,12,15-16H2,1-3H3,(H,24,26)(H,25,29)(H,27,28)/t19-,20+/m1/s1. The number of hydrogen-bond donors (Lipinski definition) is 3. The molecule has 0 aliphatic rings. The fraction of sp³-hybridized carbons (Fsp3) is 0.609. The lowest BCUT2D eigenvalue weighted by Crippen LogP contribution is -2.53. The lowest BCUT2D eigenvalue weighted by Gasteiger charge is -2.23. The van der Waals surface area contributed by atoms with Crippen LogP contribution in [0, 0.1) is 5.92 Å². The highest BCUT2D eigenvalue weighted by Crippen LogP contribution is 2.10. The zero-order valence-corrected chi connectivity index (χ0v) is 18.4. The number of amides is 2. The van der Waals surface area contributed by atoms with E-state index in [1.165, 1.54) is 6.42 Å². The third-order valence-electron chi connectivity index (χ3n) is 4.90. The number of unbranched alkanes of at least 4 members (excludes halogenated alkanes) is 5. The van der Waals surface area contributed by atoms with Gasteiger partial charge in [-0.25, -0.2) is 9.59 Å². The molecule has 0 saturated heterocycles. The van der Waals surface area contributed by atoms with Crippen molar-refractivity contribution in [2.75, 3.05) is 0 Å². The van der Waals surface area contributed by atoms with Crippen LogP contribution >= 0.6 is 0 Å². The van der Waals surface area contributed by atoms with Crippen molar-refractivity contribution < 1.29 is 24.2 Å². The molecule has 2 atom stereocenters. The molecule has 1 aromatic carbocycles. The second kappa shape index (κ2) is 14.4. The van der Waals surface area contributed by atoms with Gasteiger partial charge < -0.3 is 20.5 Å². The molecule has 0 fully saturated rings. The van der Waals surface area contributed by atoms with Crippen molar-refractivity contribution in [3.63, 3.8) is 0 Å². The van der Waals surface area contributed by atoms with E-state index < -0.39 is 30.1 Å². The molecule has 0 aromatic heterocycles. The molecule has 3 N–H and O–H groups in total. The molecule has 168 valence electrons. The van der Waals surface area contributed by atoms with Crippen molar-refractivity contribution in [1.29, 1.82) is 0 Å². The van der Waals surface area contributed by atoms with E-state index in [1.54, 1.807) is 13.8 Å². The molecule has 0 radical (unpaired) electrons. The lowest BCUT2D eigenvalue weighted by atomic mass is 10.0. The van der Waals surface area contributed by atoms with Crippen LogP contribution in [0.5, 0.6) is 0 Å². The summed E-state index contributed by atoms with van der Waals surface area (Å²) in [7, 11) is 0. The number of rotatable bonds is 14. The number of carboxylic acid groups (broad SMARTS) is 1. The molecule has 0 heterocycles. The topological polar surface area (TPSA) is 105 Å². The van der Waals surface area contributed by atoms with E-state index in [0.717, 1.165) is 37.7 Å². The van der Waals surface area contributed by atoms with E-state index in [1.807, 2.05) is 30.3 Å². The Morgan fingerprint density at radius 3 is 2.20 bits per heavy atom. The predicted molar refractivity (Wildman–Crippen MR) is 116 cm³/mol. The van der Waals surface area contributed by atoms with Crippen LogP contribution in [0.1, 0.15) is 71.3 Å². The van der Waals surface area contributed by atoms with Gasteiger partial charge in [-0.1, -0.05) is 89.6 Å². The number of nitrogens with one attached hydrogen (secondary N) is 2. The van der Waals surface area contributed by atoms with Gasteiger partial charge in [-0.3, -0.25) is 4.79 Å². The number of alkyl carbamates (subject to hydrolysis) is 1. The first-order chi connectivity index (χ1) is 14.3. The Bertz CT molecular complexity index is 648. The van der Waals surface area contributed by atoms with Crippen LogP contribution in [-0.2, 0) is 20.9 Å². The minimum atomic E-state index is -1.06. The van der Waals surface area contributed by atoms with Crippen molar-refractivity contribution in [2.24, 2.45) is 5.92 Å². The summed E-state index contributed by atoms with van der Waals surface area (Å²) in [5.74, 6) is -1.80. The highest BCUT2D eigenvalue weighted by Gasteiger charge is 2.28. The summed E-state index contributed by atoms with van der Waals surface area (Å²) in [6, 6.07) is 7.38. The number of hydrogen-bond acceptors (Lipinski definition) is 4. The average molecular weight is 421 g/mol. The first-order valence-electron chi connectivity index (χ1n) is 10.9. The number of carboxylic acids is 1. The SMILES string of the molecule is CCCCCCCC[C@@H](NC(=O)[C@@H](NC(=O)OCc1ccccc1)C(C)C)C(=O)O. The summed E-state index contributed by atoms with van der Waals surface area (Å²) in [6.45, 7) is 5.80. The maximum atomic E-state index is 12.6. The summed E-state index contributed by atoms with van der Waals surface area (Å²) in [5, 5.41) is 14.6. The Morgan fingerprint density at radius 1 is 0.967 bits per heavy atom. The van der Waals surface area contributed by atoms with Gasteiger partial charge in [0.1, 0.15) is 18.7 Å². The van der Waals surface area contributed by atoms with E-state index in [2.05, 4.69) is 17.6 Å². The van der Waals surface area contributed by atoms with Crippen molar-refractivity contribution in [3.05, 3.63) is 35.9 Å². The summed E-state index contributed by atoms with van der Waals surface area (Å²) in [5.41, 5.74) is 0.836. The quantitative estimate of drug-likeness (QED) is 0.390. The first kappa shape index (κ1) is 25.5. The minimum absolute atomic E-state index is 0.0922. The Kier molecular flexibility index (Phi) is 12.2. The highest BCUT2D eigenvalue weighted by atomic mass is 16.5. The van der Waals surface area contributed by atoms with Crippen LogP contribution in [0.15, 0.2) is 30.3 Å². The third-order valence-corrected chi connectivity index (χ3v) is 4.90. The smallest absolute Gasteiger partial charge is 0.408 e. The maximum Gasteiger partial charge on any atom is 0.408 e. The van der Waals surface area contributed by atoms with Crippen LogP contribution in [0.4, 0.5) is 4.79 Å². The zero-order valence-electron chi connectivity index (χ0n) is 18.4. The van der Waals surface area contributed by atoms with Crippen LogP contribution in [-0.4, -0.2) is 35.2 Å². The molecule has 0 saturated carbocycles. The average Bonchev–Trinajstić information content (AvgIpc) is 2.72. The van der Waals surface area contributed by atoms with E-state index >= 15 is 0 Å². The van der Waals surface area contributed by atoms with E-state index in [4.69, 9.17) is 4.74 Å². The second-order valence-electron chi connectivity index (χ2n) is 7.88. The summed E-state index contributed by atoms with van der Waals surface area (Å²) in [6.07, 6.45) is 5.89. The summed E-state index contributed by atoms with van der Waals surface area (Å²) < 4.78 is 5.18. The normalized spacial score (nSPS) is 12.8. The Morgan fingerprint density at radius 2 is 1.60 bits per heavy atom. The molecule has 1 rings (SSSR count). The fourth-order valence-electron chi connectivity index (χ4n) is 3.07. The summed E-state index contributed by atoms with van der Waals surface area (Å²) >= 11 is 0. The molecule has 2 amide bonds. The van der Waals surface area contributed by atoms with Gasteiger partial charge in [0.15, 0.2) is 0 Å². The van der Waals surface area contributed by atoms with E-state index in [-0.39, 0.29) is 12.5 Å². The molecular formula is C23H36N2O5. The van der Waals surface area contributed by atoms with Gasteiger partial charge in [-0.2, -0.15) is 0 Å². The fourth-order valence-corrected chi connectivity index (χ4v) is 3.07. The van der Waals surface area contributed by atoms with Crippen molar-refractivity contribution in [1.82, 2.24) is 10.6 Å². The number of carbonyl (C=O) groups excluding carboxylic acids is 2. The van der Waals surface area contributed by atoms with Gasteiger partial charge in [0, 0.05) is 0 Å². The van der Waals surface area contributed by atoms with Gasteiger partial charge in [0.25, 0.3) is 0 Å². The zero-order chi connectivity index (χ0) is 22.4. The van der Waals surface area contributed by atoms with E-state index in [0.29, 0.717) is 6.42 Å². The first-order valence-corrected chi connectivity index (χ1v) is 10.9. The highest BCUT2D eigenvalue weighted by molar-refractivity contribution is 5.89. The largest absolute Gasteiger partial charge is 0.480 e.